The maximum absolute atomic E-state index is 12.3. The average molecular weight is 683 g/mol. The van der Waals surface area contributed by atoms with Crippen molar-refractivity contribution in [1.82, 2.24) is 0 Å². The molecule has 0 unspecified atom stereocenters. The fourth-order valence-corrected chi connectivity index (χ4v) is 5.15. The van der Waals surface area contributed by atoms with Gasteiger partial charge in [-0.1, -0.05) is 127 Å². The molecule has 0 fully saturated rings. The minimum absolute atomic E-state index is 0.190. The standard InChI is InChI=1S/C38H67O8P/c1-3-5-7-9-11-13-15-17-18-19-20-21-23-24-26-28-30-32-37(39)44-34-36(35-45-47(41,42)43)46-38(40)33-31-29-27-25-22-16-14-12-10-8-6-4-2/h12,14,17-18,20-21,24,26,36H,3-11,13,15-16,19,22-23,25,27-35H2,1-2H3,(H2,41,42,43)/b14-12+,18-17+,21-20+,26-24+/t36-/m1/s1. The van der Waals surface area contributed by atoms with Gasteiger partial charge in [0.25, 0.3) is 0 Å². The van der Waals surface area contributed by atoms with Gasteiger partial charge < -0.3 is 19.3 Å². The molecule has 0 saturated carbocycles. The highest BCUT2D eigenvalue weighted by atomic mass is 31.2. The number of carbonyl (C=O) groups excluding carboxylic acids is 2. The van der Waals surface area contributed by atoms with Gasteiger partial charge in [0, 0.05) is 12.8 Å². The number of esters is 2. The summed E-state index contributed by atoms with van der Waals surface area (Å²) in [6.45, 7) is 3.58. The van der Waals surface area contributed by atoms with Gasteiger partial charge >= 0.3 is 19.8 Å². The SMILES string of the molecule is CCCCC/C=C/CCCCCCCC(=O)O[C@H](COC(=O)CCC/C=C/C/C=C/C/C=C/CCCCCCCC)COP(=O)(O)O. The van der Waals surface area contributed by atoms with Crippen molar-refractivity contribution < 1.29 is 37.9 Å². The summed E-state index contributed by atoms with van der Waals surface area (Å²) in [7, 11) is -4.76. The first-order chi connectivity index (χ1) is 22.8. The molecule has 1 atom stereocenters. The van der Waals surface area contributed by atoms with Crippen LogP contribution in [0.5, 0.6) is 0 Å². The molecule has 0 aliphatic heterocycles. The van der Waals surface area contributed by atoms with Gasteiger partial charge in [-0.3, -0.25) is 14.1 Å². The van der Waals surface area contributed by atoms with E-state index in [0.717, 1.165) is 64.2 Å². The van der Waals surface area contributed by atoms with Crippen molar-refractivity contribution in [3.63, 3.8) is 0 Å². The second kappa shape index (κ2) is 33.9. The minimum atomic E-state index is -4.76. The van der Waals surface area contributed by atoms with E-state index in [9.17, 15) is 14.2 Å². The molecule has 0 spiro atoms. The van der Waals surface area contributed by atoms with Crippen molar-refractivity contribution in [1.29, 1.82) is 0 Å². The van der Waals surface area contributed by atoms with Crippen LogP contribution < -0.4 is 0 Å². The highest BCUT2D eigenvalue weighted by Gasteiger charge is 2.22. The van der Waals surface area contributed by atoms with Gasteiger partial charge in [0.15, 0.2) is 6.10 Å². The lowest BCUT2D eigenvalue weighted by Crippen LogP contribution is -2.29. The lowest BCUT2D eigenvalue weighted by Gasteiger charge is -2.18. The van der Waals surface area contributed by atoms with E-state index in [-0.39, 0.29) is 19.4 Å². The van der Waals surface area contributed by atoms with Crippen LogP contribution in [0.3, 0.4) is 0 Å². The highest BCUT2D eigenvalue weighted by Crippen LogP contribution is 2.35. The Kier molecular flexibility index (Phi) is 32.5. The summed E-state index contributed by atoms with van der Waals surface area (Å²) in [5.74, 6) is -0.960. The van der Waals surface area contributed by atoms with E-state index in [1.165, 1.54) is 57.8 Å². The van der Waals surface area contributed by atoms with Crippen LogP contribution in [0.15, 0.2) is 48.6 Å². The number of phosphoric acid groups is 1. The van der Waals surface area contributed by atoms with E-state index >= 15 is 0 Å². The highest BCUT2D eigenvalue weighted by molar-refractivity contribution is 7.46. The number of unbranched alkanes of at least 4 members (excludes halogenated alkanes) is 15. The number of carbonyl (C=O) groups is 2. The zero-order chi connectivity index (χ0) is 34.7. The molecule has 0 saturated heterocycles. The van der Waals surface area contributed by atoms with Crippen LogP contribution >= 0.6 is 7.82 Å². The number of rotatable bonds is 33. The molecular formula is C38H67O8P. The van der Waals surface area contributed by atoms with E-state index in [0.29, 0.717) is 12.8 Å². The summed E-state index contributed by atoms with van der Waals surface area (Å²) in [6, 6.07) is 0. The molecule has 8 nitrogen and oxygen atoms in total. The number of hydrogen-bond acceptors (Lipinski definition) is 6. The second-order valence-corrected chi connectivity index (χ2v) is 13.4. The minimum Gasteiger partial charge on any atom is -0.462 e. The third-order valence-corrected chi connectivity index (χ3v) is 8.06. The second-order valence-electron chi connectivity index (χ2n) is 12.2. The molecule has 0 aromatic rings. The van der Waals surface area contributed by atoms with Crippen LogP contribution in [-0.4, -0.2) is 41.0 Å². The normalized spacial score (nSPS) is 13.0. The molecule has 9 heteroatoms. The third kappa shape index (κ3) is 36.7. The molecule has 0 rings (SSSR count). The summed E-state index contributed by atoms with van der Waals surface area (Å²) in [5, 5.41) is 0. The molecule has 2 N–H and O–H groups in total. The Hall–Kier alpha value is -1.99. The van der Waals surface area contributed by atoms with Gasteiger partial charge in [0.05, 0.1) is 6.61 Å². The zero-order valence-corrected chi connectivity index (χ0v) is 30.6. The molecule has 0 aromatic heterocycles. The van der Waals surface area contributed by atoms with E-state index in [4.69, 9.17) is 19.3 Å². The van der Waals surface area contributed by atoms with Crippen LogP contribution in [0.25, 0.3) is 0 Å². The Balaban J connectivity index is 4.08. The van der Waals surface area contributed by atoms with E-state index in [1.807, 2.05) is 6.08 Å². The first kappa shape index (κ1) is 45.0. The van der Waals surface area contributed by atoms with Crippen LogP contribution in [0, 0.1) is 0 Å². The molecule has 272 valence electrons. The van der Waals surface area contributed by atoms with Crippen molar-refractivity contribution in [2.45, 2.75) is 168 Å². The summed E-state index contributed by atoms with van der Waals surface area (Å²) in [4.78, 5) is 42.6. The van der Waals surface area contributed by atoms with Gasteiger partial charge in [-0.15, -0.1) is 0 Å². The quantitative estimate of drug-likeness (QED) is 0.0304. The predicted molar refractivity (Wildman–Crippen MR) is 193 cm³/mol. The molecule has 0 aromatic carbocycles. The topological polar surface area (TPSA) is 119 Å². The largest absolute Gasteiger partial charge is 0.469 e. The van der Waals surface area contributed by atoms with Crippen molar-refractivity contribution in [2.75, 3.05) is 13.2 Å². The Labute approximate surface area is 286 Å². The van der Waals surface area contributed by atoms with Gasteiger partial charge in [-0.05, 0) is 70.6 Å². The van der Waals surface area contributed by atoms with Gasteiger partial charge in [0.1, 0.15) is 6.61 Å². The Morgan fingerprint density at radius 2 is 0.979 bits per heavy atom. The maximum Gasteiger partial charge on any atom is 0.469 e. The van der Waals surface area contributed by atoms with Gasteiger partial charge in [-0.2, -0.15) is 0 Å². The first-order valence-corrected chi connectivity index (χ1v) is 20.0. The summed E-state index contributed by atoms with van der Waals surface area (Å²) < 4.78 is 26.2. The number of hydrogen-bond donors (Lipinski definition) is 2. The van der Waals surface area contributed by atoms with E-state index < -0.39 is 32.5 Å². The number of allylic oxidation sites excluding steroid dienone is 8. The first-order valence-electron chi connectivity index (χ1n) is 18.4. The summed E-state index contributed by atoms with van der Waals surface area (Å²) in [6.07, 6.45) is 39.8. The zero-order valence-electron chi connectivity index (χ0n) is 29.7. The fourth-order valence-electron chi connectivity index (χ4n) is 4.79. The molecule has 0 aliphatic rings. The smallest absolute Gasteiger partial charge is 0.462 e. The molecule has 0 heterocycles. The monoisotopic (exact) mass is 682 g/mol. The van der Waals surface area contributed by atoms with Crippen molar-refractivity contribution in [3.05, 3.63) is 48.6 Å². The lowest BCUT2D eigenvalue weighted by atomic mass is 10.1. The molecular weight excluding hydrogens is 615 g/mol. The third-order valence-electron chi connectivity index (χ3n) is 7.57. The molecule has 47 heavy (non-hydrogen) atoms. The molecule has 0 bridgehead atoms. The summed E-state index contributed by atoms with van der Waals surface area (Å²) >= 11 is 0. The van der Waals surface area contributed by atoms with Gasteiger partial charge in [0.2, 0.25) is 0 Å². The Morgan fingerprint density at radius 1 is 0.553 bits per heavy atom. The van der Waals surface area contributed by atoms with Crippen molar-refractivity contribution >= 4 is 19.8 Å². The van der Waals surface area contributed by atoms with Crippen LogP contribution in [0.1, 0.15) is 162 Å². The fraction of sp³-hybridized carbons (Fsp3) is 0.737. The van der Waals surface area contributed by atoms with Crippen molar-refractivity contribution in [3.8, 4) is 0 Å². The average Bonchev–Trinajstić information content (AvgIpc) is 3.04. The van der Waals surface area contributed by atoms with Crippen molar-refractivity contribution in [2.24, 2.45) is 0 Å². The Morgan fingerprint density at radius 3 is 1.55 bits per heavy atom. The maximum atomic E-state index is 12.3. The summed E-state index contributed by atoms with van der Waals surface area (Å²) in [5.41, 5.74) is 0. The number of phosphoric ester groups is 1. The van der Waals surface area contributed by atoms with E-state index in [1.54, 1.807) is 0 Å². The molecule has 0 amide bonds. The van der Waals surface area contributed by atoms with Crippen LogP contribution in [0.4, 0.5) is 0 Å². The van der Waals surface area contributed by atoms with Crippen LogP contribution in [-0.2, 0) is 28.2 Å². The predicted octanol–water partition coefficient (Wildman–Crippen LogP) is 10.8. The Bertz CT molecular complexity index is 905. The lowest BCUT2D eigenvalue weighted by molar-refractivity contribution is -0.161. The number of ether oxygens (including phenoxy) is 2. The molecule has 0 radical (unpaired) electrons. The van der Waals surface area contributed by atoms with E-state index in [2.05, 4.69) is 60.9 Å². The molecule has 0 aliphatic carbocycles. The van der Waals surface area contributed by atoms with Crippen LogP contribution in [0.2, 0.25) is 0 Å². The van der Waals surface area contributed by atoms with Gasteiger partial charge in [-0.25, -0.2) is 4.57 Å².